The summed E-state index contributed by atoms with van der Waals surface area (Å²) in [7, 11) is 0. The van der Waals surface area contributed by atoms with Crippen molar-refractivity contribution in [3.8, 4) is 11.5 Å². The molecule has 4 aromatic rings. The minimum Gasteiger partial charge on any atom is -0.457 e. The molecular formula is C31H28N2O5. The molecule has 2 atom stereocenters. The first-order chi connectivity index (χ1) is 18.5. The predicted octanol–water partition coefficient (Wildman–Crippen LogP) is 5.41. The molecule has 192 valence electrons. The highest BCUT2D eigenvalue weighted by Gasteiger charge is 2.36. The molecule has 1 saturated heterocycles. The number of nitrogens with zero attached hydrogens (tertiary/aromatic N) is 1. The number of hydrogen-bond acceptors (Lipinski definition) is 5. The molecule has 0 radical (unpaired) electrons. The zero-order valence-electron chi connectivity index (χ0n) is 21.0. The van der Waals surface area contributed by atoms with Crippen molar-refractivity contribution in [1.82, 2.24) is 5.32 Å². The summed E-state index contributed by atoms with van der Waals surface area (Å²) in [6, 6.07) is 30.4. The maximum absolute atomic E-state index is 12.7. The standard InChI is InChI=1S/C31H28N2O5/c1-21(22-8-3-2-4-9-22)32-29(34)20-37-31(36)24-18-30(35)33(19-24)25-14-16-26(17-15-25)38-28-13-7-11-23-10-5-6-12-27(23)28/h2-17,21,24H,18-20H2,1H3,(H,32,34)/t21-,24+/m1/s1. The molecule has 1 aliphatic heterocycles. The fourth-order valence-electron chi connectivity index (χ4n) is 4.58. The molecule has 0 bridgehead atoms. The number of anilines is 1. The van der Waals surface area contributed by atoms with E-state index in [2.05, 4.69) is 5.32 Å². The van der Waals surface area contributed by atoms with Gasteiger partial charge in [0.2, 0.25) is 5.91 Å². The van der Waals surface area contributed by atoms with Crippen LogP contribution in [0.1, 0.15) is 24.9 Å². The van der Waals surface area contributed by atoms with E-state index in [9.17, 15) is 14.4 Å². The lowest BCUT2D eigenvalue weighted by Gasteiger charge is -2.17. The number of esters is 1. The maximum atomic E-state index is 12.7. The largest absolute Gasteiger partial charge is 0.457 e. The SMILES string of the molecule is C[C@@H](NC(=O)COC(=O)[C@H]1CC(=O)N(c2ccc(Oc3cccc4ccccc34)cc2)C1)c1ccccc1. The highest BCUT2D eigenvalue weighted by Crippen LogP contribution is 2.32. The van der Waals surface area contributed by atoms with Crippen LogP contribution < -0.4 is 15.0 Å². The smallest absolute Gasteiger partial charge is 0.311 e. The predicted molar refractivity (Wildman–Crippen MR) is 145 cm³/mol. The number of hydrogen-bond donors (Lipinski definition) is 1. The summed E-state index contributed by atoms with van der Waals surface area (Å²) in [4.78, 5) is 39.1. The second-order valence-corrected chi connectivity index (χ2v) is 9.29. The first-order valence-electron chi connectivity index (χ1n) is 12.5. The Morgan fingerprint density at radius 3 is 2.42 bits per heavy atom. The lowest BCUT2D eigenvalue weighted by Crippen LogP contribution is -2.32. The number of nitrogens with one attached hydrogen (secondary N) is 1. The molecule has 38 heavy (non-hydrogen) atoms. The summed E-state index contributed by atoms with van der Waals surface area (Å²) in [6.45, 7) is 1.67. The maximum Gasteiger partial charge on any atom is 0.311 e. The number of carbonyl (C=O) groups excluding carboxylic acids is 3. The van der Waals surface area contributed by atoms with Gasteiger partial charge in [-0.25, -0.2) is 0 Å². The van der Waals surface area contributed by atoms with E-state index in [0.717, 1.165) is 22.1 Å². The van der Waals surface area contributed by atoms with Gasteiger partial charge in [-0.3, -0.25) is 14.4 Å². The van der Waals surface area contributed by atoms with Gasteiger partial charge < -0.3 is 19.7 Å². The van der Waals surface area contributed by atoms with Gasteiger partial charge in [0.25, 0.3) is 5.91 Å². The fraction of sp³-hybridized carbons (Fsp3) is 0.194. The van der Waals surface area contributed by atoms with E-state index in [1.807, 2.05) is 79.7 Å². The van der Waals surface area contributed by atoms with Crippen molar-refractivity contribution in [2.75, 3.05) is 18.1 Å². The number of fused-ring (bicyclic) bond motifs is 1. The van der Waals surface area contributed by atoms with E-state index in [1.165, 1.54) is 0 Å². The van der Waals surface area contributed by atoms with Crippen molar-refractivity contribution in [3.63, 3.8) is 0 Å². The average molecular weight is 509 g/mol. The third-order valence-corrected chi connectivity index (χ3v) is 6.61. The summed E-state index contributed by atoms with van der Waals surface area (Å²) in [5, 5.41) is 4.91. The van der Waals surface area contributed by atoms with Crippen LogP contribution >= 0.6 is 0 Å². The van der Waals surface area contributed by atoms with Crippen molar-refractivity contribution in [3.05, 3.63) is 103 Å². The zero-order valence-corrected chi connectivity index (χ0v) is 21.0. The van der Waals surface area contributed by atoms with Crippen LogP contribution in [0.4, 0.5) is 5.69 Å². The molecule has 7 heteroatoms. The molecule has 0 spiro atoms. The summed E-state index contributed by atoms with van der Waals surface area (Å²) >= 11 is 0. The molecule has 2 amide bonds. The van der Waals surface area contributed by atoms with Gasteiger partial charge in [-0.2, -0.15) is 0 Å². The fourth-order valence-corrected chi connectivity index (χ4v) is 4.58. The molecule has 1 fully saturated rings. The molecule has 5 rings (SSSR count). The molecule has 4 aromatic carbocycles. The second-order valence-electron chi connectivity index (χ2n) is 9.29. The average Bonchev–Trinajstić information content (AvgIpc) is 3.34. The topological polar surface area (TPSA) is 84.9 Å². The Morgan fingerprint density at radius 1 is 0.921 bits per heavy atom. The number of benzene rings is 4. The first-order valence-corrected chi connectivity index (χ1v) is 12.5. The summed E-state index contributed by atoms with van der Waals surface area (Å²) in [5.74, 6) is -0.358. The Kier molecular flexibility index (Phi) is 7.35. The third kappa shape index (κ3) is 5.67. The third-order valence-electron chi connectivity index (χ3n) is 6.61. The lowest BCUT2D eigenvalue weighted by atomic mass is 10.1. The highest BCUT2D eigenvalue weighted by molar-refractivity contribution is 5.99. The van der Waals surface area contributed by atoms with Crippen LogP contribution in [0.2, 0.25) is 0 Å². The van der Waals surface area contributed by atoms with Crippen LogP contribution in [0, 0.1) is 5.92 Å². The summed E-state index contributed by atoms with van der Waals surface area (Å²) < 4.78 is 11.3. The quantitative estimate of drug-likeness (QED) is 0.322. The Balaban J connectivity index is 1.15. The van der Waals surface area contributed by atoms with Gasteiger partial charge in [-0.1, -0.05) is 66.7 Å². The van der Waals surface area contributed by atoms with Gasteiger partial charge >= 0.3 is 5.97 Å². The Labute approximate surface area is 221 Å². The minimum absolute atomic E-state index is 0.0368. The van der Waals surface area contributed by atoms with Crippen molar-refractivity contribution >= 4 is 34.2 Å². The van der Waals surface area contributed by atoms with E-state index >= 15 is 0 Å². The van der Waals surface area contributed by atoms with Crippen LogP contribution in [-0.2, 0) is 19.1 Å². The Morgan fingerprint density at radius 2 is 1.63 bits per heavy atom. The molecule has 0 aliphatic carbocycles. The molecule has 0 aromatic heterocycles. The Bertz CT molecular complexity index is 1450. The number of rotatable bonds is 8. The van der Waals surface area contributed by atoms with E-state index < -0.39 is 17.8 Å². The van der Waals surface area contributed by atoms with Crippen LogP contribution in [0.15, 0.2) is 97.1 Å². The number of ether oxygens (including phenoxy) is 2. The van der Waals surface area contributed by atoms with Crippen LogP contribution in [0.3, 0.4) is 0 Å². The molecule has 0 saturated carbocycles. The normalized spacial score (nSPS) is 15.8. The number of carbonyl (C=O) groups is 3. The molecule has 1 heterocycles. The van der Waals surface area contributed by atoms with E-state index in [1.54, 1.807) is 29.2 Å². The van der Waals surface area contributed by atoms with Crippen LogP contribution in [0.5, 0.6) is 11.5 Å². The first kappa shape index (κ1) is 25.0. The molecule has 1 N–H and O–H groups in total. The second kappa shape index (κ2) is 11.2. The van der Waals surface area contributed by atoms with Crippen molar-refractivity contribution in [1.29, 1.82) is 0 Å². The van der Waals surface area contributed by atoms with Crippen LogP contribution in [0.25, 0.3) is 10.8 Å². The van der Waals surface area contributed by atoms with E-state index in [-0.39, 0.29) is 31.5 Å². The van der Waals surface area contributed by atoms with Gasteiger partial charge in [0.05, 0.1) is 12.0 Å². The van der Waals surface area contributed by atoms with E-state index in [0.29, 0.717) is 11.4 Å². The summed E-state index contributed by atoms with van der Waals surface area (Å²) in [6.07, 6.45) is 0.0368. The van der Waals surface area contributed by atoms with Crippen molar-refractivity contribution in [2.45, 2.75) is 19.4 Å². The number of amides is 2. The van der Waals surface area contributed by atoms with Crippen LogP contribution in [-0.4, -0.2) is 30.9 Å². The lowest BCUT2D eigenvalue weighted by molar-refractivity contribution is -0.152. The van der Waals surface area contributed by atoms with Gasteiger partial charge in [-0.15, -0.1) is 0 Å². The molecule has 7 nitrogen and oxygen atoms in total. The zero-order chi connectivity index (χ0) is 26.5. The summed E-state index contributed by atoms with van der Waals surface area (Å²) in [5.41, 5.74) is 1.63. The minimum atomic E-state index is -0.631. The Hall–Kier alpha value is -4.65. The monoisotopic (exact) mass is 508 g/mol. The van der Waals surface area contributed by atoms with Gasteiger partial charge in [-0.05, 0) is 48.2 Å². The van der Waals surface area contributed by atoms with Gasteiger partial charge in [0.1, 0.15) is 11.5 Å². The molecule has 0 unspecified atom stereocenters. The highest BCUT2D eigenvalue weighted by atomic mass is 16.5. The van der Waals surface area contributed by atoms with Crippen molar-refractivity contribution in [2.24, 2.45) is 5.92 Å². The molecule has 1 aliphatic rings. The van der Waals surface area contributed by atoms with E-state index in [4.69, 9.17) is 9.47 Å². The van der Waals surface area contributed by atoms with Gasteiger partial charge in [0, 0.05) is 24.0 Å². The van der Waals surface area contributed by atoms with Crippen molar-refractivity contribution < 1.29 is 23.9 Å². The molecular weight excluding hydrogens is 480 g/mol. The van der Waals surface area contributed by atoms with Gasteiger partial charge in [0.15, 0.2) is 6.61 Å².